The molecule has 0 saturated carbocycles. The van der Waals surface area contributed by atoms with Gasteiger partial charge in [0, 0.05) is 19.2 Å². The molecule has 1 N–H and O–H groups in total. The maximum atomic E-state index is 9.38. The van der Waals surface area contributed by atoms with E-state index >= 15 is 0 Å². The number of methoxy groups -OCH3 is 1. The molecule has 1 heterocycles. The smallest absolute Gasteiger partial charge is 0.105 e. The summed E-state index contributed by atoms with van der Waals surface area (Å²) in [6.45, 7) is 9.81. The molecular formula is C10H17NO3. The van der Waals surface area contributed by atoms with Crippen molar-refractivity contribution in [2.24, 2.45) is 0 Å². The van der Waals surface area contributed by atoms with Crippen molar-refractivity contribution in [2.45, 2.75) is 25.6 Å². The number of nitrogens with zero attached hydrogens (tertiary/aromatic N) is 1. The van der Waals surface area contributed by atoms with Gasteiger partial charge in [0.2, 0.25) is 0 Å². The first-order valence-electron chi connectivity index (χ1n) is 4.56. The lowest BCUT2D eigenvalue weighted by Gasteiger charge is -2.16. The van der Waals surface area contributed by atoms with Crippen LogP contribution in [0.15, 0.2) is 24.6 Å². The number of hydrogen-bond acceptors (Lipinski definition) is 4. The maximum absolute atomic E-state index is 9.38. The normalized spacial score (nSPS) is 24.5. The molecule has 1 saturated heterocycles. The monoisotopic (exact) mass is 199 g/mol. The molecule has 1 aliphatic heterocycles. The molecule has 0 radical (unpaired) electrons. The standard InChI is InChI=1S/C10H17NO3/c1-7-5-10(9(3)11(7)12)14-6-8(2)13-4/h8,10,12H,1,3,5-6H2,2,4H3. The highest BCUT2D eigenvalue weighted by atomic mass is 16.5. The first-order chi connectivity index (χ1) is 6.56. The Morgan fingerprint density at radius 1 is 1.64 bits per heavy atom. The summed E-state index contributed by atoms with van der Waals surface area (Å²) in [4.78, 5) is 0. The van der Waals surface area contributed by atoms with E-state index in [0.717, 1.165) is 5.06 Å². The molecule has 0 aliphatic carbocycles. The highest BCUT2D eigenvalue weighted by Gasteiger charge is 2.29. The minimum Gasteiger partial charge on any atom is -0.379 e. The van der Waals surface area contributed by atoms with Gasteiger partial charge in [-0.25, -0.2) is 5.06 Å². The van der Waals surface area contributed by atoms with Crippen molar-refractivity contribution < 1.29 is 14.7 Å². The van der Waals surface area contributed by atoms with Gasteiger partial charge < -0.3 is 9.47 Å². The maximum Gasteiger partial charge on any atom is 0.105 e. The Labute approximate surface area is 84.4 Å². The van der Waals surface area contributed by atoms with Gasteiger partial charge >= 0.3 is 0 Å². The molecule has 80 valence electrons. The Morgan fingerprint density at radius 2 is 2.29 bits per heavy atom. The van der Waals surface area contributed by atoms with E-state index in [9.17, 15) is 5.21 Å². The summed E-state index contributed by atoms with van der Waals surface area (Å²) in [6, 6.07) is 0. The van der Waals surface area contributed by atoms with E-state index in [-0.39, 0.29) is 12.2 Å². The third kappa shape index (κ3) is 2.35. The molecule has 0 aromatic heterocycles. The van der Waals surface area contributed by atoms with E-state index in [2.05, 4.69) is 13.2 Å². The number of rotatable bonds is 4. The van der Waals surface area contributed by atoms with Crippen LogP contribution in [0.25, 0.3) is 0 Å². The Hall–Kier alpha value is -0.840. The van der Waals surface area contributed by atoms with Crippen LogP contribution in [0.5, 0.6) is 0 Å². The quantitative estimate of drug-likeness (QED) is 0.745. The fourth-order valence-electron chi connectivity index (χ4n) is 1.23. The highest BCUT2D eigenvalue weighted by molar-refractivity contribution is 5.18. The molecule has 2 atom stereocenters. The lowest BCUT2D eigenvalue weighted by atomic mass is 10.2. The summed E-state index contributed by atoms with van der Waals surface area (Å²) < 4.78 is 10.6. The second-order valence-electron chi connectivity index (χ2n) is 3.44. The topological polar surface area (TPSA) is 41.9 Å². The molecule has 0 amide bonds. The molecule has 14 heavy (non-hydrogen) atoms. The first kappa shape index (κ1) is 11.2. The SMILES string of the molecule is C=C1CC(OCC(C)OC)C(=C)N1O. The van der Waals surface area contributed by atoms with Crippen LogP contribution in [0.4, 0.5) is 0 Å². The van der Waals surface area contributed by atoms with Crippen molar-refractivity contribution >= 4 is 0 Å². The van der Waals surface area contributed by atoms with E-state index in [1.807, 2.05) is 6.92 Å². The Morgan fingerprint density at radius 3 is 2.71 bits per heavy atom. The van der Waals surface area contributed by atoms with Gasteiger partial charge in [-0.3, -0.25) is 5.21 Å². The molecule has 4 heteroatoms. The van der Waals surface area contributed by atoms with Gasteiger partial charge in [0.15, 0.2) is 0 Å². The minimum absolute atomic E-state index is 0.0452. The summed E-state index contributed by atoms with van der Waals surface area (Å²) in [6.07, 6.45) is 0.458. The van der Waals surface area contributed by atoms with E-state index in [1.165, 1.54) is 0 Å². The van der Waals surface area contributed by atoms with E-state index in [1.54, 1.807) is 7.11 Å². The van der Waals surface area contributed by atoms with Gasteiger partial charge in [0.1, 0.15) is 6.10 Å². The van der Waals surface area contributed by atoms with Crippen molar-refractivity contribution in [1.82, 2.24) is 5.06 Å². The third-order valence-corrected chi connectivity index (χ3v) is 2.30. The summed E-state index contributed by atoms with van der Waals surface area (Å²) in [5.74, 6) is 0. The predicted molar refractivity (Wildman–Crippen MR) is 52.7 cm³/mol. The van der Waals surface area contributed by atoms with Gasteiger partial charge in [-0.2, -0.15) is 0 Å². The lowest BCUT2D eigenvalue weighted by Crippen LogP contribution is -2.21. The summed E-state index contributed by atoms with van der Waals surface area (Å²) >= 11 is 0. The van der Waals surface area contributed by atoms with Gasteiger partial charge in [0.25, 0.3) is 0 Å². The van der Waals surface area contributed by atoms with Gasteiger partial charge in [-0.1, -0.05) is 13.2 Å². The number of ether oxygens (including phenoxy) is 2. The van der Waals surface area contributed by atoms with Crippen LogP contribution in [0, 0.1) is 0 Å². The van der Waals surface area contributed by atoms with E-state index in [4.69, 9.17) is 9.47 Å². The van der Waals surface area contributed by atoms with Crippen molar-refractivity contribution in [3.8, 4) is 0 Å². The Bertz CT molecular complexity index is 240. The molecule has 0 aromatic carbocycles. The third-order valence-electron chi connectivity index (χ3n) is 2.30. The average Bonchev–Trinajstić information content (AvgIpc) is 2.42. The van der Waals surface area contributed by atoms with Gasteiger partial charge in [-0.15, -0.1) is 0 Å². The van der Waals surface area contributed by atoms with Crippen molar-refractivity contribution in [1.29, 1.82) is 0 Å². The molecular weight excluding hydrogens is 182 g/mol. The van der Waals surface area contributed by atoms with Crippen molar-refractivity contribution in [3.05, 3.63) is 24.6 Å². The number of hydrogen-bond donors (Lipinski definition) is 1. The molecule has 4 nitrogen and oxygen atoms in total. The second kappa shape index (κ2) is 4.59. The number of hydroxylamine groups is 2. The van der Waals surface area contributed by atoms with Crippen molar-refractivity contribution in [2.75, 3.05) is 13.7 Å². The molecule has 1 rings (SSSR count). The van der Waals surface area contributed by atoms with Crippen LogP contribution in [0.3, 0.4) is 0 Å². The molecule has 1 aliphatic rings. The average molecular weight is 199 g/mol. The van der Waals surface area contributed by atoms with Crippen LogP contribution in [0.2, 0.25) is 0 Å². The predicted octanol–water partition coefficient (Wildman–Crippen LogP) is 1.53. The Kier molecular flexibility index (Phi) is 3.69. The van der Waals surface area contributed by atoms with Crippen LogP contribution < -0.4 is 0 Å². The molecule has 2 unspecified atom stereocenters. The lowest BCUT2D eigenvalue weighted by molar-refractivity contribution is -0.0354. The summed E-state index contributed by atoms with van der Waals surface area (Å²) in [7, 11) is 1.63. The summed E-state index contributed by atoms with van der Waals surface area (Å²) in [5.41, 5.74) is 1.16. The molecule has 1 fully saturated rings. The largest absolute Gasteiger partial charge is 0.379 e. The van der Waals surface area contributed by atoms with Crippen molar-refractivity contribution in [3.63, 3.8) is 0 Å². The van der Waals surface area contributed by atoms with Gasteiger partial charge in [-0.05, 0) is 6.92 Å². The summed E-state index contributed by atoms with van der Waals surface area (Å²) in [5, 5.41) is 10.4. The zero-order valence-corrected chi connectivity index (χ0v) is 8.69. The molecule has 0 aromatic rings. The molecule has 0 bridgehead atoms. The van der Waals surface area contributed by atoms with Crippen LogP contribution >= 0.6 is 0 Å². The first-order valence-corrected chi connectivity index (χ1v) is 4.56. The van der Waals surface area contributed by atoms with Gasteiger partial charge in [0.05, 0.1) is 18.4 Å². The van der Waals surface area contributed by atoms with Crippen LogP contribution in [-0.4, -0.2) is 36.2 Å². The van der Waals surface area contributed by atoms with E-state index < -0.39 is 0 Å². The Balaban J connectivity index is 2.40. The highest BCUT2D eigenvalue weighted by Crippen LogP contribution is 2.28. The zero-order chi connectivity index (χ0) is 10.7. The van der Waals surface area contributed by atoms with E-state index in [0.29, 0.717) is 24.4 Å². The van der Waals surface area contributed by atoms with Crippen LogP contribution in [0.1, 0.15) is 13.3 Å². The second-order valence-corrected chi connectivity index (χ2v) is 3.44. The van der Waals surface area contributed by atoms with Crippen LogP contribution in [-0.2, 0) is 9.47 Å². The zero-order valence-electron chi connectivity index (χ0n) is 8.69. The fourth-order valence-corrected chi connectivity index (χ4v) is 1.23. The minimum atomic E-state index is -0.176. The fraction of sp³-hybridized carbons (Fsp3) is 0.600. The molecule has 0 spiro atoms.